The lowest BCUT2D eigenvalue weighted by molar-refractivity contribution is 0.559. The Kier molecular flexibility index (Phi) is 6.35. The molecule has 112 valence electrons. The molecule has 1 aliphatic carbocycles. The summed E-state index contributed by atoms with van der Waals surface area (Å²) in [6.45, 7) is 0. The Bertz CT molecular complexity index is 398. The van der Waals surface area contributed by atoms with Crippen molar-refractivity contribution in [3.05, 3.63) is 23.5 Å². The van der Waals surface area contributed by atoms with Crippen molar-refractivity contribution < 1.29 is 0 Å². The van der Waals surface area contributed by atoms with Gasteiger partial charge in [-0.25, -0.2) is 0 Å². The van der Waals surface area contributed by atoms with Gasteiger partial charge in [0, 0.05) is 31.7 Å². The average Bonchev–Trinajstić information content (AvgIpc) is 2.46. The van der Waals surface area contributed by atoms with Gasteiger partial charge in [0.2, 0.25) is 0 Å². The molecule has 2 aliphatic rings. The van der Waals surface area contributed by atoms with E-state index in [-0.39, 0.29) is 0 Å². The minimum Gasteiger partial charge on any atom is -0.377 e. The number of hydrogen-bond acceptors (Lipinski definition) is 2. The zero-order chi connectivity index (χ0) is 14.2. The van der Waals surface area contributed by atoms with Gasteiger partial charge in [-0.15, -0.1) is 0 Å². The van der Waals surface area contributed by atoms with E-state index in [1.54, 1.807) is 0 Å². The zero-order valence-electron chi connectivity index (χ0n) is 13.3. The molecule has 0 spiro atoms. The molecule has 3 rings (SSSR count). The maximum Gasteiger partial charge on any atom is 0.0427 e. The molecular formula is C18H30N2. The molecule has 0 fully saturated rings. The summed E-state index contributed by atoms with van der Waals surface area (Å²) in [6, 6.07) is 2.31. The second-order valence-electron chi connectivity index (χ2n) is 6.38. The van der Waals surface area contributed by atoms with Crippen molar-refractivity contribution in [3.63, 3.8) is 0 Å². The van der Waals surface area contributed by atoms with Gasteiger partial charge in [0.25, 0.3) is 0 Å². The number of nitrogens with zero attached hydrogens (tertiary/aromatic N) is 2. The third kappa shape index (κ3) is 4.81. The number of hydrogen-bond donors (Lipinski definition) is 0. The zero-order valence-corrected chi connectivity index (χ0v) is 13.3. The van der Waals surface area contributed by atoms with Crippen LogP contribution in [0.4, 0.5) is 5.69 Å². The molecule has 0 atom stereocenters. The van der Waals surface area contributed by atoms with E-state index in [0.717, 1.165) is 6.42 Å². The molecule has 0 unspecified atom stereocenters. The Balaban J connectivity index is 2.08. The van der Waals surface area contributed by atoms with Crippen LogP contribution >= 0.6 is 0 Å². The molecule has 1 aromatic heterocycles. The summed E-state index contributed by atoms with van der Waals surface area (Å²) in [5, 5.41) is 0. The molecule has 0 aromatic carbocycles. The first-order valence-electron chi connectivity index (χ1n) is 8.42. The van der Waals surface area contributed by atoms with Gasteiger partial charge in [0.1, 0.15) is 0 Å². The first-order chi connectivity index (χ1) is 9.77. The first-order valence-corrected chi connectivity index (χ1v) is 8.42. The Hall–Kier alpha value is -1.05. The summed E-state index contributed by atoms with van der Waals surface area (Å²) >= 11 is 0. The maximum absolute atomic E-state index is 4.69. The summed E-state index contributed by atoms with van der Waals surface area (Å²) in [5.74, 6) is 0. The molecule has 2 heterocycles. The molecule has 2 nitrogen and oxygen atoms in total. The van der Waals surface area contributed by atoms with Crippen LogP contribution in [0.2, 0.25) is 0 Å². The van der Waals surface area contributed by atoms with Crippen molar-refractivity contribution in [2.75, 3.05) is 19.0 Å². The topological polar surface area (TPSA) is 16.1 Å². The van der Waals surface area contributed by atoms with Crippen molar-refractivity contribution >= 4 is 5.69 Å². The highest BCUT2D eigenvalue weighted by molar-refractivity contribution is 5.52. The predicted octanol–water partition coefficient (Wildman–Crippen LogP) is 4.76. The van der Waals surface area contributed by atoms with E-state index in [2.05, 4.69) is 36.2 Å². The predicted molar refractivity (Wildman–Crippen MR) is 87.5 cm³/mol. The lowest BCUT2D eigenvalue weighted by Crippen LogP contribution is -2.12. The Morgan fingerprint density at radius 1 is 0.800 bits per heavy atom. The van der Waals surface area contributed by atoms with E-state index < -0.39 is 0 Å². The van der Waals surface area contributed by atoms with Crippen LogP contribution in [0.5, 0.6) is 0 Å². The molecule has 2 heteroatoms. The van der Waals surface area contributed by atoms with Crippen LogP contribution < -0.4 is 4.90 Å². The minimum atomic E-state index is 1.14. The van der Waals surface area contributed by atoms with Gasteiger partial charge >= 0.3 is 0 Å². The number of aromatic nitrogens is 1. The molecule has 1 aromatic rings. The van der Waals surface area contributed by atoms with Crippen molar-refractivity contribution in [2.45, 2.75) is 70.6 Å². The van der Waals surface area contributed by atoms with E-state index in [0.29, 0.717) is 0 Å². The lowest BCUT2D eigenvalue weighted by Gasteiger charge is -2.18. The number of aryl methyl sites for hydroxylation is 2. The monoisotopic (exact) mass is 274 g/mol. The molecule has 20 heavy (non-hydrogen) atoms. The van der Waals surface area contributed by atoms with E-state index in [4.69, 9.17) is 0 Å². The fraction of sp³-hybridized carbons (Fsp3) is 0.722. The Labute approximate surface area is 124 Å². The van der Waals surface area contributed by atoms with Gasteiger partial charge in [-0.2, -0.15) is 0 Å². The van der Waals surface area contributed by atoms with Crippen LogP contribution in [0.15, 0.2) is 12.3 Å². The van der Waals surface area contributed by atoms with Crippen LogP contribution in [-0.4, -0.2) is 19.1 Å². The molecular weight excluding hydrogens is 244 g/mol. The summed E-state index contributed by atoms with van der Waals surface area (Å²) in [4.78, 5) is 6.94. The molecule has 0 saturated carbocycles. The van der Waals surface area contributed by atoms with Gasteiger partial charge in [0.15, 0.2) is 0 Å². The molecule has 0 radical (unpaired) electrons. The molecule has 0 N–H and O–H groups in total. The Morgan fingerprint density at radius 2 is 1.35 bits per heavy atom. The van der Waals surface area contributed by atoms with E-state index >= 15 is 0 Å². The third-order valence-corrected chi connectivity index (χ3v) is 4.38. The fourth-order valence-electron chi connectivity index (χ4n) is 3.12. The van der Waals surface area contributed by atoms with E-state index in [1.807, 2.05) is 0 Å². The van der Waals surface area contributed by atoms with Crippen molar-refractivity contribution in [1.82, 2.24) is 4.98 Å². The van der Waals surface area contributed by atoms with Gasteiger partial charge in [-0.1, -0.05) is 44.9 Å². The Morgan fingerprint density at radius 3 is 1.95 bits per heavy atom. The highest BCUT2D eigenvalue weighted by atomic mass is 15.1. The number of rotatable bonds is 1. The normalized spacial score (nSPS) is 18.3. The van der Waals surface area contributed by atoms with Crippen molar-refractivity contribution in [2.24, 2.45) is 0 Å². The second kappa shape index (κ2) is 8.28. The lowest BCUT2D eigenvalue weighted by atomic mass is 10.0. The summed E-state index contributed by atoms with van der Waals surface area (Å²) < 4.78 is 0. The summed E-state index contributed by atoms with van der Waals surface area (Å²) in [6.07, 6.45) is 16.9. The molecule has 0 amide bonds. The van der Waals surface area contributed by atoms with Gasteiger partial charge < -0.3 is 4.90 Å². The quantitative estimate of drug-likeness (QED) is 0.734. The van der Waals surface area contributed by atoms with Crippen LogP contribution in [0.3, 0.4) is 0 Å². The van der Waals surface area contributed by atoms with Crippen molar-refractivity contribution in [1.29, 1.82) is 0 Å². The average molecular weight is 274 g/mol. The van der Waals surface area contributed by atoms with Crippen LogP contribution in [-0.2, 0) is 12.8 Å². The smallest absolute Gasteiger partial charge is 0.0427 e. The van der Waals surface area contributed by atoms with Gasteiger partial charge in [0.05, 0.1) is 0 Å². The highest BCUT2D eigenvalue weighted by Crippen LogP contribution is 2.23. The SMILES string of the molecule is CN(C)c1cc2ncc1CCCCCCCCCCC2. The van der Waals surface area contributed by atoms with Crippen LogP contribution in [0.1, 0.15) is 69.0 Å². The van der Waals surface area contributed by atoms with Crippen LogP contribution in [0.25, 0.3) is 0 Å². The van der Waals surface area contributed by atoms with E-state index in [1.165, 1.54) is 81.2 Å². The summed E-state index contributed by atoms with van der Waals surface area (Å²) in [7, 11) is 4.30. The highest BCUT2D eigenvalue weighted by Gasteiger charge is 2.08. The minimum absolute atomic E-state index is 1.14. The molecule has 1 aliphatic heterocycles. The standard InChI is InChI=1S/C18H30N2/c1-20(2)18-14-17-13-11-9-7-5-3-4-6-8-10-12-16(18)15-19-17/h14-15H,3-13H2,1-2H3. The molecule has 0 saturated heterocycles. The summed E-state index contributed by atoms with van der Waals surface area (Å²) in [5.41, 5.74) is 4.07. The van der Waals surface area contributed by atoms with Gasteiger partial charge in [-0.3, -0.25) is 4.98 Å². The first kappa shape index (κ1) is 15.3. The number of fused-ring (bicyclic) bond motifs is 12. The fourth-order valence-corrected chi connectivity index (χ4v) is 3.12. The molecule has 2 bridgehead atoms. The van der Waals surface area contributed by atoms with Crippen LogP contribution in [0, 0.1) is 0 Å². The van der Waals surface area contributed by atoms with Gasteiger partial charge in [-0.05, 0) is 37.3 Å². The van der Waals surface area contributed by atoms with Crippen molar-refractivity contribution in [3.8, 4) is 0 Å². The number of anilines is 1. The second-order valence-corrected chi connectivity index (χ2v) is 6.38. The van der Waals surface area contributed by atoms with E-state index in [9.17, 15) is 0 Å². The largest absolute Gasteiger partial charge is 0.377 e. The maximum atomic E-state index is 4.69. The number of pyridine rings is 1. The third-order valence-electron chi connectivity index (χ3n) is 4.38.